The second-order valence-corrected chi connectivity index (χ2v) is 3.38. The molecule has 0 amide bonds. The summed E-state index contributed by atoms with van der Waals surface area (Å²) in [4.78, 5) is 2.06. The normalized spacial score (nSPS) is 10.8. The summed E-state index contributed by atoms with van der Waals surface area (Å²) >= 11 is 6.01. The van der Waals surface area contributed by atoms with E-state index in [4.69, 9.17) is 11.6 Å². The molecule has 0 radical (unpaired) electrons. The summed E-state index contributed by atoms with van der Waals surface area (Å²) in [6.45, 7) is 4.02. The summed E-state index contributed by atoms with van der Waals surface area (Å²) in [6, 6.07) is 5.93. The molecule has 70 valence electrons. The Labute approximate surface area is 84.6 Å². The van der Waals surface area contributed by atoms with Crippen LogP contribution in [-0.2, 0) is 0 Å². The zero-order valence-electron chi connectivity index (χ0n) is 8.21. The van der Waals surface area contributed by atoms with Crippen LogP contribution in [0.5, 0.6) is 0 Å². The Bertz CT molecular complexity index is 318. The highest BCUT2D eigenvalue weighted by molar-refractivity contribution is 6.31. The molecular weight excluding hydrogens is 182 g/mol. The number of nitrogens with zero attached hydrogens (tertiary/aromatic N) is 1. The number of halogens is 1. The first kappa shape index (κ1) is 10.1. The van der Waals surface area contributed by atoms with Gasteiger partial charge in [-0.1, -0.05) is 23.7 Å². The lowest BCUT2D eigenvalue weighted by molar-refractivity contribution is 1.17. The van der Waals surface area contributed by atoms with Gasteiger partial charge < -0.3 is 4.90 Å². The summed E-state index contributed by atoms with van der Waals surface area (Å²) in [5.74, 6) is 0. The molecule has 0 unspecified atom stereocenters. The van der Waals surface area contributed by atoms with Gasteiger partial charge in [0, 0.05) is 17.8 Å². The van der Waals surface area contributed by atoms with Gasteiger partial charge in [0.2, 0.25) is 0 Å². The molecule has 0 aromatic heterocycles. The molecule has 0 aliphatic heterocycles. The van der Waals surface area contributed by atoms with Crippen molar-refractivity contribution in [2.24, 2.45) is 0 Å². The standard InChI is InChI=1S/C11H14ClN/c1-4-8-13(3)11-7-5-6-10(12)9(11)2/h4-8H,1-3H3/b8-4-. The highest BCUT2D eigenvalue weighted by Crippen LogP contribution is 2.25. The molecule has 0 fully saturated rings. The lowest BCUT2D eigenvalue weighted by Crippen LogP contribution is -2.08. The molecule has 1 aromatic rings. The fourth-order valence-corrected chi connectivity index (χ4v) is 1.45. The van der Waals surface area contributed by atoms with Crippen LogP contribution in [0.2, 0.25) is 5.02 Å². The summed E-state index contributed by atoms with van der Waals surface area (Å²) in [6.07, 6.45) is 4.01. The SMILES string of the molecule is C/C=C\N(C)c1cccc(Cl)c1C. The Kier molecular flexibility index (Phi) is 3.38. The van der Waals surface area contributed by atoms with Crippen LogP contribution in [0, 0.1) is 6.92 Å². The maximum absolute atomic E-state index is 6.01. The molecule has 0 bridgehead atoms. The van der Waals surface area contributed by atoms with Gasteiger partial charge in [-0.25, -0.2) is 0 Å². The average Bonchev–Trinajstić information content (AvgIpc) is 2.10. The van der Waals surface area contributed by atoms with Crippen LogP contribution in [0.15, 0.2) is 30.5 Å². The van der Waals surface area contributed by atoms with E-state index in [9.17, 15) is 0 Å². The van der Waals surface area contributed by atoms with Crippen LogP contribution >= 0.6 is 11.6 Å². The summed E-state index contributed by atoms with van der Waals surface area (Å²) < 4.78 is 0. The smallest absolute Gasteiger partial charge is 0.0455 e. The molecule has 0 heterocycles. The van der Waals surface area contributed by atoms with Gasteiger partial charge in [-0.2, -0.15) is 0 Å². The zero-order chi connectivity index (χ0) is 9.84. The van der Waals surface area contributed by atoms with Crippen LogP contribution in [0.25, 0.3) is 0 Å². The molecule has 0 saturated carbocycles. The van der Waals surface area contributed by atoms with Gasteiger partial charge in [0.05, 0.1) is 0 Å². The summed E-state index contributed by atoms with van der Waals surface area (Å²) in [5.41, 5.74) is 2.26. The minimum Gasteiger partial charge on any atom is -0.351 e. The van der Waals surface area contributed by atoms with E-state index in [-0.39, 0.29) is 0 Å². The molecular formula is C11H14ClN. The number of hydrogen-bond acceptors (Lipinski definition) is 1. The molecule has 0 aliphatic rings. The van der Waals surface area contributed by atoms with Gasteiger partial charge >= 0.3 is 0 Å². The zero-order valence-corrected chi connectivity index (χ0v) is 8.97. The lowest BCUT2D eigenvalue weighted by atomic mass is 10.2. The molecule has 0 atom stereocenters. The topological polar surface area (TPSA) is 3.24 Å². The lowest BCUT2D eigenvalue weighted by Gasteiger charge is -2.17. The molecule has 1 rings (SSSR count). The van der Waals surface area contributed by atoms with Gasteiger partial charge in [-0.3, -0.25) is 0 Å². The Hall–Kier alpha value is -0.950. The molecule has 0 N–H and O–H groups in total. The Morgan fingerprint density at radius 1 is 1.38 bits per heavy atom. The van der Waals surface area contributed by atoms with Crippen LogP contribution in [0.1, 0.15) is 12.5 Å². The van der Waals surface area contributed by atoms with Gasteiger partial charge in [0.15, 0.2) is 0 Å². The highest BCUT2D eigenvalue weighted by atomic mass is 35.5. The molecule has 2 heteroatoms. The van der Waals surface area contributed by atoms with E-state index in [0.717, 1.165) is 16.3 Å². The van der Waals surface area contributed by atoms with E-state index in [1.807, 2.05) is 45.3 Å². The quantitative estimate of drug-likeness (QED) is 0.697. The Morgan fingerprint density at radius 2 is 2.08 bits per heavy atom. The number of benzene rings is 1. The predicted molar refractivity (Wildman–Crippen MR) is 59.4 cm³/mol. The van der Waals surface area contributed by atoms with Gasteiger partial charge in [-0.15, -0.1) is 0 Å². The summed E-state index contributed by atoms with van der Waals surface area (Å²) in [5, 5.41) is 0.814. The van der Waals surface area contributed by atoms with Crippen molar-refractivity contribution in [3.05, 3.63) is 41.1 Å². The molecule has 1 nitrogen and oxygen atoms in total. The van der Waals surface area contributed by atoms with E-state index in [0.29, 0.717) is 0 Å². The van der Waals surface area contributed by atoms with Crippen molar-refractivity contribution in [2.45, 2.75) is 13.8 Å². The van der Waals surface area contributed by atoms with E-state index in [1.165, 1.54) is 0 Å². The highest BCUT2D eigenvalue weighted by Gasteiger charge is 2.03. The average molecular weight is 196 g/mol. The number of rotatable bonds is 2. The third-order valence-electron chi connectivity index (χ3n) is 1.99. The van der Waals surface area contributed by atoms with Crippen molar-refractivity contribution in [2.75, 3.05) is 11.9 Å². The molecule has 0 aliphatic carbocycles. The minimum absolute atomic E-state index is 0.814. The molecule has 0 saturated heterocycles. The van der Waals surface area contributed by atoms with Crippen LogP contribution in [0.3, 0.4) is 0 Å². The van der Waals surface area contributed by atoms with E-state index in [1.54, 1.807) is 0 Å². The third-order valence-corrected chi connectivity index (χ3v) is 2.40. The molecule has 0 spiro atoms. The third kappa shape index (κ3) is 2.25. The van der Waals surface area contributed by atoms with Crippen LogP contribution in [-0.4, -0.2) is 7.05 Å². The number of hydrogen-bond donors (Lipinski definition) is 0. The van der Waals surface area contributed by atoms with Gasteiger partial charge in [-0.05, 0) is 37.7 Å². The fourth-order valence-electron chi connectivity index (χ4n) is 1.28. The maximum atomic E-state index is 6.01. The molecule has 1 aromatic carbocycles. The first-order chi connectivity index (χ1) is 6.16. The van der Waals surface area contributed by atoms with E-state index >= 15 is 0 Å². The first-order valence-corrected chi connectivity index (χ1v) is 4.65. The fraction of sp³-hybridized carbons (Fsp3) is 0.273. The van der Waals surface area contributed by atoms with E-state index in [2.05, 4.69) is 11.0 Å². The van der Waals surface area contributed by atoms with Crippen molar-refractivity contribution in [3.63, 3.8) is 0 Å². The van der Waals surface area contributed by atoms with Crippen molar-refractivity contribution in [3.8, 4) is 0 Å². The van der Waals surface area contributed by atoms with Crippen molar-refractivity contribution in [1.29, 1.82) is 0 Å². The van der Waals surface area contributed by atoms with E-state index < -0.39 is 0 Å². The van der Waals surface area contributed by atoms with Gasteiger partial charge in [0.1, 0.15) is 0 Å². The number of anilines is 1. The van der Waals surface area contributed by atoms with Crippen molar-refractivity contribution in [1.82, 2.24) is 0 Å². The van der Waals surface area contributed by atoms with Crippen molar-refractivity contribution < 1.29 is 0 Å². The Balaban J connectivity index is 3.07. The largest absolute Gasteiger partial charge is 0.351 e. The molecule has 13 heavy (non-hydrogen) atoms. The van der Waals surface area contributed by atoms with Crippen LogP contribution < -0.4 is 4.90 Å². The number of allylic oxidation sites excluding steroid dienone is 1. The monoisotopic (exact) mass is 195 g/mol. The summed E-state index contributed by atoms with van der Waals surface area (Å²) in [7, 11) is 2.01. The first-order valence-electron chi connectivity index (χ1n) is 4.27. The predicted octanol–water partition coefficient (Wildman–Crippen LogP) is 3.62. The Morgan fingerprint density at radius 3 is 2.69 bits per heavy atom. The van der Waals surface area contributed by atoms with Crippen LogP contribution in [0.4, 0.5) is 5.69 Å². The van der Waals surface area contributed by atoms with Crippen molar-refractivity contribution >= 4 is 17.3 Å². The van der Waals surface area contributed by atoms with Gasteiger partial charge in [0.25, 0.3) is 0 Å². The second-order valence-electron chi connectivity index (χ2n) is 2.98. The maximum Gasteiger partial charge on any atom is 0.0455 e. The second kappa shape index (κ2) is 4.33. The minimum atomic E-state index is 0.814.